The number of methoxy groups -OCH3 is 2. The molecule has 2 aromatic rings. The largest absolute Gasteiger partial charge is 0.465 e. The second-order valence-corrected chi connectivity index (χ2v) is 4.42. The molecule has 1 heterocycles. The van der Waals surface area contributed by atoms with Gasteiger partial charge in [0.15, 0.2) is 0 Å². The number of nitrogens with zero attached hydrogens (tertiary/aromatic N) is 3. The van der Waals surface area contributed by atoms with Gasteiger partial charge in [-0.05, 0) is 6.07 Å². The molecular formula is C14H9N3O7. The fourth-order valence-corrected chi connectivity index (χ4v) is 2.19. The number of non-ortho nitro benzene ring substituents is 1. The molecule has 0 N–H and O–H groups in total. The lowest BCUT2D eigenvalue weighted by molar-refractivity contribution is -0.384. The zero-order valence-electron chi connectivity index (χ0n) is 12.4. The fraction of sp³-hybridized carbons (Fsp3) is 0.143. The number of nitro groups is 1. The standard InChI is InChI=1S/C14H9N3O7/c1-23-13(19)11-8-5-7(17(21)22)3-4-10(8)16(14(20)24-2)12(18)9(11)6-15/h3-5H,1-2H3. The number of nitriles is 1. The van der Waals surface area contributed by atoms with Crippen LogP contribution >= 0.6 is 0 Å². The van der Waals surface area contributed by atoms with Gasteiger partial charge in [-0.25, -0.2) is 14.2 Å². The normalized spacial score (nSPS) is 10.0. The smallest absolute Gasteiger partial charge is 0.421 e. The number of rotatable bonds is 2. The van der Waals surface area contributed by atoms with Gasteiger partial charge in [0.2, 0.25) is 0 Å². The molecule has 1 aromatic heterocycles. The van der Waals surface area contributed by atoms with Crippen LogP contribution in [0.3, 0.4) is 0 Å². The quantitative estimate of drug-likeness (QED) is 0.453. The first kappa shape index (κ1) is 16.6. The third-order valence-corrected chi connectivity index (χ3v) is 3.23. The Bertz CT molecular complexity index is 984. The first-order valence-electron chi connectivity index (χ1n) is 6.31. The molecule has 0 bridgehead atoms. The van der Waals surface area contributed by atoms with E-state index in [4.69, 9.17) is 0 Å². The van der Waals surface area contributed by atoms with E-state index in [1.54, 1.807) is 0 Å². The van der Waals surface area contributed by atoms with Gasteiger partial charge in [-0.15, -0.1) is 0 Å². The lowest BCUT2D eigenvalue weighted by Gasteiger charge is -2.12. The van der Waals surface area contributed by atoms with Crippen molar-refractivity contribution in [1.82, 2.24) is 4.57 Å². The molecule has 0 saturated carbocycles. The van der Waals surface area contributed by atoms with Gasteiger partial charge in [-0.2, -0.15) is 5.26 Å². The third-order valence-electron chi connectivity index (χ3n) is 3.23. The summed E-state index contributed by atoms with van der Waals surface area (Å²) in [5, 5.41) is 20.0. The van der Waals surface area contributed by atoms with Crippen LogP contribution < -0.4 is 5.56 Å². The van der Waals surface area contributed by atoms with Crippen molar-refractivity contribution in [1.29, 1.82) is 5.26 Å². The molecule has 0 fully saturated rings. The number of esters is 1. The minimum atomic E-state index is -1.10. The molecule has 0 aliphatic rings. The van der Waals surface area contributed by atoms with E-state index < -0.39 is 39.4 Å². The zero-order valence-corrected chi connectivity index (χ0v) is 12.4. The summed E-state index contributed by atoms with van der Waals surface area (Å²) < 4.78 is 9.56. The summed E-state index contributed by atoms with van der Waals surface area (Å²) in [6, 6.07) is 4.66. The minimum absolute atomic E-state index is 0.128. The number of fused-ring (bicyclic) bond motifs is 1. The van der Waals surface area contributed by atoms with E-state index in [0.717, 1.165) is 32.4 Å². The third kappa shape index (κ3) is 2.44. The zero-order chi connectivity index (χ0) is 18.0. The minimum Gasteiger partial charge on any atom is -0.465 e. The number of pyridine rings is 1. The number of ether oxygens (including phenoxy) is 2. The summed E-state index contributed by atoms with van der Waals surface area (Å²) in [5.74, 6) is -1.04. The van der Waals surface area contributed by atoms with Crippen molar-refractivity contribution in [3.8, 4) is 6.07 Å². The van der Waals surface area contributed by atoms with E-state index in [1.165, 1.54) is 6.07 Å². The van der Waals surface area contributed by atoms with Crippen molar-refractivity contribution in [2.45, 2.75) is 0 Å². The van der Waals surface area contributed by atoms with E-state index in [0.29, 0.717) is 4.57 Å². The number of hydrogen-bond donors (Lipinski definition) is 0. The van der Waals surface area contributed by atoms with Crippen molar-refractivity contribution in [2.24, 2.45) is 0 Å². The number of benzene rings is 1. The average molecular weight is 331 g/mol. The van der Waals surface area contributed by atoms with Crippen LogP contribution in [0.1, 0.15) is 15.9 Å². The molecular weight excluding hydrogens is 322 g/mol. The monoisotopic (exact) mass is 331 g/mol. The SMILES string of the molecule is COC(=O)c1c(C#N)c(=O)n(C(=O)OC)c2ccc([N+](=O)[O-])cc12. The van der Waals surface area contributed by atoms with Crippen LogP contribution in [-0.2, 0) is 9.47 Å². The highest BCUT2D eigenvalue weighted by Crippen LogP contribution is 2.25. The Kier molecular flexibility index (Phi) is 4.28. The molecule has 122 valence electrons. The summed E-state index contributed by atoms with van der Waals surface area (Å²) in [6.45, 7) is 0. The Morgan fingerprint density at radius 2 is 1.96 bits per heavy atom. The number of carbonyl (C=O) groups excluding carboxylic acids is 2. The molecule has 1 aromatic carbocycles. The van der Waals surface area contributed by atoms with Gasteiger partial charge in [0.25, 0.3) is 11.2 Å². The number of aromatic nitrogens is 1. The van der Waals surface area contributed by atoms with Gasteiger partial charge in [0, 0.05) is 17.5 Å². The predicted octanol–water partition coefficient (Wildman–Crippen LogP) is 1.18. The van der Waals surface area contributed by atoms with Gasteiger partial charge in [-0.1, -0.05) is 0 Å². The predicted molar refractivity (Wildman–Crippen MR) is 78.7 cm³/mol. The first-order chi connectivity index (χ1) is 11.4. The van der Waals surface area contributed by atoms with E-state index in [9.17, 15) is 29.8 Å². The Hall–Kier alpha value is -3.74. The van der Waals surface area contributed by atoms with E-state index >= 15 is 0 Å². The van der Waals surface area contributed by atoms with E-state index in [2.05, 4.69) is 9.47 Å². The van der Waals surface area contributed by atoms with Crippen molar-refractivity contribution < 1.29 is 24.0 Å². The molecule has 0 radical (unpaired) electrons. The van der Waals surface area contributed by atoms with Crippen molar-refractivity contribution in [3.63, 3.8) is 0 Å². The lowest BCUT2D eigenvalue weighted by atomic mass is 10.0. The maximum atomic E-state index is 12.4. The molecule has 2 rings (SSSR count). The number of hydrogen-bond acceptors (Lipinski definition) is 8. The Labute approximate surface area is 133 Å². The van der Waals surface area contributed by atoms with Crippen molar-refractivity contribution >= 4 is 28.7 Å². The second kappa shape index (κ2) is 6.17. The Balaban J connectivity index is 3.13. The molecule has 0 aliphatic heterocycles. The average Bonchev–Trinajstić information content (AvgIpc) is 2.58. The van der Waals surface area contributed by atoms with Gasteiger partial charge < -0.3 is 9.47 Å². The van der Waals surface area contributed by atoms with Crippen molar-refractivity contribution in [2.75, 3.05) is 14.2 Å². The fourth-order valence-electron chi connectivity index (χ4n) is 2.19. The summed E-state index contributed by atoms with van der Waals surface area (Å²) in [6.07, 6.45) is -1.10. The topological polar surface area (TPSA) is 142 Å². The molecule has 0 atom stereocenters. The molecule has 0 saturated heterocycles. The van der Waals surface area contributed by atoms with Crippen LogP contribution in [0, 0.1) is 21.4 Å². The molecule has 0 unspecified atom stereocenters. The van der Waals surface area contributed by atoms with Crippen LogP contribution in [0.2, 0.25) is 0 Å². The molecule has 0 amide bonds. The van der Waals surface area contributed by atoms with Crippen LogP contribution in [0.4, 0.5) is 10.5 Å². The molecule has 10 nitrogen and oxygen atoms in total. The van der Waals surface area contributed by atoms with Crippen molar-refractivity contribution in [3.05, 3.63) is 49.8 Å². The van der Waals surface area contributed by atoms with Crippen LogP contribution in [0.25, 0.3) is 10.9 Å². The van der Waals surface area contributed by atoms with E-state index in [1.807, 2.05) is 0 Å². The summed E-state index contributed by atoms with van der Waals surface area (Å²) >= 11 is 0. The summed E-state index contributed by atoms with van der Waals surface area (Å²) in [4.78, 5) is 46.5. The Morgan fingerprint density at radius 3 is 2.46 bits per heavy atom. The van der Waals surface area contributed by atoms with E-state index in [-0.39, 0.29) is 10.9 Å². The van der Waals surface area contributed by atoms with Crippen LogP contribution in [-0.4, -0.2) is 35.8 Å². The molecule has 0 spiro atoms. The van der Waals surface area contributed by atoms with Crippen LogP contribution in [0.15, 0.2) is 23.0 Å². The van der Waals surface area contributed by atoms with Gasteiger partial charge in [0.05, 0.1) is 30.2 Å². The maximum Gasteiger partial charge on any atom is 0.421 e. The number of carbonyl (C=O) groups is 2. The number of nitro benzene ring substituents is 1. The van der Waals surface area contributed by atoms with Gasteiger partial charge in [0.1, 0.15) is 11.6 Å². The van der Waals surface area contributed by atoms with Gasteiger partial charge >= 0.3 is 12.1 Å². The highest BCUT2D eigenvalue weighted by atomic mass is 16.6. The summed E-state index contributed by atoms with van der Waals surface area (Å²) in [5.41, 5.74) is -2.75. The van der Waals surface area contributed by atoms with Gasteiger partial charge in [-0.3, -0.25) is 14.9 Å². The first-order valence-corrected chi connectivity index (χ1v) is 6.31. The molecule has 10 heteroatoms. The maximum absolute atomic E-state index is 12.4. The Morgan fingerprint density at radius 1 is 1.29 bits per heavy atom. The van der Waals surface area contributed by atoms with Crippen LogP contribution in [0.5, 0.6) is 0 Å². The highest BCUT2D eigenvalue weighted by Gasteiger charge is 2.26. The highest BCUT2D eigenvalue weighted by molar-refractivity contribution is 6.07. The molecule has 24 heavy (non-hydrogen) atoms. The second-order valence-electron chi connectivity index (χ2n) is 4.42. The summed E-state index contributed by atoms with van der Waals surface area (Å²) in [7, 11) is 2.05. The lowest BCUT2D eigenvalue weighted by Crippen LogP contribution is -2.31. The molecule has 0 aliphatic carbocycles.